The maximum atomic E-state index is 11.8. The number of pyridine rings is 1. The minimum Gasteiger partial charge on any atom is -0.317 e. The van der Waals surface area contributed by atoms with Gasteiger partial charge in [0.15, 0.2) is 0 Å². The van der Waals surface area contributed by atoms with Gasteiger partial charge in [0.05, 0.1) is 11.5 Å². The number of anilines is 1. The van der Waals surface area contributed by atoms with Crippen LogP contribution in [0.2, 0.25) is 0 Å². The summed E-state index contributed by atoms with van der Waals surface area (Å²) < 4.78 is 2.08. The zero-order chi connectivity index (χ0) is 15.4. The molecule has 3 rings (SSSR count). The number of hydrogen-bond acceptors (Lipinski definition) is 5. The molecule has 0 unspecified atom stereocenters. The molecule has 0 radical (unpaired) electrons. The third-order valence-corrected chi connectivity index (χ3v) is 4.79. The fraction of sp³-hybridized carbons (Fsp3) is 0.467. The average Bonchev–Trinajstić information content (AvgIpc) is 2.80. The maximum absolute atomic E-state index is 11.8. The van der Waals surface area contributed by atoms with Gasteiger partial charge in [-0.25, -0.2) is 4.98 Å². The van der Waals surface area contributed by atoms with E-state index in [1.807, 2.05) is 19.2 Å². The van der Waals surface area contributed by atoms with Gasteiger partial charge in [0.2, 0.25) is 5.91 Å². The second-order valence-electron chi connectivity index (χ2n) is 5.42. The minimum absolute atomic E-state index is 0.0508. The topological polar surface area (TPSA) is 72.7 Å². The Hall–Kier alpha value is -1.89. The predicted molar refractivity (Wildman–Crippen MR) is 86.6 cm³/mol. The normalized spacial score (nSPS) is 14.6. The van der Waals surface area contributed by atoms with Crippen LogP contribution in [0.3, 0.4) is 0 Å². The summed E-state index contributed by atoms with van der Waals surface area (Å²) in [5.74, 6) is 4.18. The van der Waals surface area contributed by atoms with E-state index in [-0.39, 0.29) is 5.91 Å². The van der Waals surface area contributed by atoms with Gasteiger partial charge in [-0.2, -0.15) is 0 Å². The molecule has 116 valence electrons. The second kappa shape index (κ2) is 6.91. The minimum atomic E-state index is -0.0508. The van der Waals surface area contributed by atoms with Gasteiger partial charge in [0.25, 0.3) is 0 Å². The van der Waals surface area contributed by atoms with E-state index in [4.69, 9.17) is 0 Å². The fourth-order valence-corrected chi connectivity index (χ4v) is 3.17. The van der Waals surface area contributed by atoms with Crippen LogP contribution in [0.5, 0.6) is 0 Å². The van der Waals surface area contributed by atoms with E-state index in [9.17, 15) is 4.79 Å². The summed E-state index contributed by atoms with van der Waals surface area (Å²) in [6, 6.07) is 5.44. The summed E-state index contributed by atoms with van der Waals surface area (Å²) in [5, 5.41) is 11.3. The van der Waals surface area contributed by atoms with E-state index in [0.29, 0.717) is 23.2 Å². The lowest BCUT2D eigenvalue weighted by Gasteiger charge is -2.24. The van der Waals surface area contributed by atoms with Gasteiger partial charge in [0.1, 0.15) is 17.5 Å². The standard InChI is InChI=1S/C15H19N5OS/c1-20-13(18-19-15(20)11-5-4-6-11)9-22-10-14(21)17-12-7-2-3-8-16-12/h2-3,7-8,11H,4-6,9-10H2,1H3,(H,16,17,21). The molecule has 7 heteroatoms. The molecule has 0 bridgehead atoms. The van der Waals surface area contributed by atoms with Crippen molar-refractivity contribution >= 4 is 23.5 Å². The molecule has 22 heavy (non-hydrogen) atoms. The molecule has 1 aliphatic rings. The van der Waals surface area contributed by atoms with Crippen LogP contribution >= 0.6 is 11.8 Å². The van der Waals surface area contributed by atoms with Crippen LogP contribution in [-0.4, -0.2) is 31.4 Å². The number of thioether (sulfide) groups is 1. The summed E-state index contributed by atoms with van der Waals surface area (Å²) in [4.78, 5) is 15.9. The Balaban J connectivity index is 1.47. The van der Waals surface area contributed by atoms with Gasteiger partial charge in [0, 0.05) is 19.2 Å². The lowest BCUT2D eigenvalue weighted by atomic mass is 9.85. The Bertz CT molecular complexity index is 639. The summed E-state index contributed by atoms with van der Waals surface area (Å²) in [5.41, 5.74) is 0. The lowest BCUT2D eigenvalue weighted by Crippen LogP contribution is -2.16. The second-order valence-corrected chi connectivity index (χ2v) is 6.40. The van der Waals surface area contributed by atoms with Crippen molar-refractivity contribution in [2.45, 2.75) is 30.9 Å². The van der Waals surface area contributed by atoms with Gasteiger partial charge in [-0.3, -0.25) is 4.79 Å². The number of carbonyl (C=O) groups is 1. The molecule has 0 atom stereocenters. The number of carbonyl (C=O) groups excluding carboxylic acids is 1. The van der Waals surface area contributed by atoms with Crippen molar-refractivity contribution in [2.24, 2.45) is 7.05 Å². The smallest absolute Gasteiger partial charge is 0.235 e. The Morgan fingerprint density at radius 3 is 2.95 bits per heavy atom. The highest BCUT2D eigenvalue weighted by Gasteiger charge is 2.25. The quantitative estimate of drug-likeness (QED) is 0.885. The van der Waals surface area contributed by atoms with E-state index < -0.39 is 0 Å². The van der Waals surface area contributed by atoms with Crippen molar-refractivity contribution in [3.05, 3.63) is 36.0 Å². The Morgan fingerprint density at radius 1 is 1.41 bits per heavy atom. The third-order valence-electron chi connectivity index (χ3n) is 3.87. The molecule has 0 aromatic carbocycles. The maximum Gasteiger partial charge on any atom is 0.235 e. The molecule has 2 aromatic heterocycles. The van der Waals surface area contributed by atoms with Gasteiger partial charge in [-0.15, -0.1) is 22.0 Å². The first-order valence-corrected chi connectivity index (χ1v) is 8.56. The molecular weight excluding hydrogens is 298 g/mol. The number of hydrogen-bond donors (Lipinski definition) is 1. The zero-order valence-corrected chi connectivity index (χ0v) is 13.3. The molecule has 1 saturated carbocycles. The van der Waals surface area contributed by atoms with Gasteiger partial charge < -0.3 is 9.88 Å². The number of rotatable bonds is 6. The van der Waals surface area contributed by atoms with E-state index >= 15 is 0 Å². The molecule has 2 aromatic rings. The highest BCUT2D eigenvalue weighted by molar-refractivity contribution is 7.99. The zero-order valence-electron chi connectivity index (χ0n) is 12.5. The van der Waals surface area contributed by atoms with E-state index in [2.05, 4.69) is 25.1 Å². The van der Waals surface area contributed by atoms with E-state index in [0.717, 1.165) is 11.6 Å². The molecule has 1 N–H and O–H groups in total. The molecule has 6 nitrogen and oxygen atoms in total. The Labute approximate surface area is 133 Å². The first-order chi connectivity index (χ1) is 10.7. The Morgan fingerprint density at radius 2 is 2.27 bits per heavy atom. The third kappa shape index (κ3) is 3.47. The monoisotopic (exact) mass is 317 g/mol. The van der Waals surface area contributed by atoms with Crippen molar-refractivity contribution in [2.75, 3.05) is 11.1 Å². The number of amides is 1. The molecule has 1 aliphatic carbocycles. The largest absolute Gasteiger partial charge is 0.317 e. The fourth-order valence-electron chi connectivity index (χ4n) is 2.37. The van der Waals surface area contributed by atoms with E-state index in [1.54, 1.807) is 12.3 Å². The molecule has 2 heterocycles. The molecule has 0 aliphatic heterocycles. The van der Waals surface area contributed by atoms with Gasteiger partial charge >= 0.3 is 0 Å². The summed E-state index contributed by atoms with van der Waals surface area (Å²) in [6.07, 6.45) is 5.37. The molecule has 0 spiro atoms. The summed E-state index contributed by atoms with van der Waals surface area (Å²) in [7, 11) is 2.01. The first-order valence-electron chi connectivity index (χ1n) is 7.41. The number of aromatic nitrogens is 4. The lowest BCUT2D eigenvalue weighted by molar-refractivity contribution is -0.113. The van der Waals surface area contributed by atoms with Crippen LogP contribution in [-0.2, 0) is 17.6 Å². The van der Waals surface area contributed by atoms with Crippen LogP contribution in [0.25, 0.3) is 0 Å². The van der Waals surface area contributed by atoms with Crippen LogP contribution in [0, 0.1) is 0 Å². The first kappa shape index (κ1) is 15.0. The van der Waals surface area contributed by atoms with Crippen molar-refractivity contribution < 1.29 is 4.79 Å². The van der Waals surface area contributed by atoms with Crippen LogP contribution < -0.4 is 5.32 Å². The average molecular weight is 317 g/mol. The van der Waals surface area contributed by atoms with Crippen molar-refractivity contribution in [1.82, 2.24) is 19.7 Å². The van der Waals surface area contributed by atoms with Gasteiger partial charge in [-0.05, 0) is 25.0 Å². The van der Waals surface area contributed by atoms with Crippen molar-refractivity contribution in [3.63, 3.8) is 0 Å². The predicted octanol–water partition coefficient (Wildman–Crippen LogP) is 2.35. The number of nitrogens with zero attached hydrogens (tertiary/aromatic N) is 4. The molecule has 1 fully saturated rings. The van der Waals surface area contributed by atoms with Gasteiger partial charge in [-0.1, -0.05) is 12.5 Å². The molecule has 0 saturated heterocycles. The van der Waals surface area contributed by atoms with E-state index in [1.165, 1.54) is 31.0 Å². The summed E-state index contributed by atoms with van der Waals surface area (Å²) >= 11 is 1.54. The highest BCUT2D eigenvalue weighted by atomic mass is 32.2. The molecular formula is C15H19N5OS. The SMILES string of the molecule is Cn1c(CSCC(=O)Nc2ccccn2)nnc1C1CCC1. The van der Waals surface area contributed by atoms with Crippen molar-refractivity contribution in [1.29, 1.82) is 0 Å². The van der Waals surface area contributed by atoms with Crippen molar-refractivity contribution in [3.8, 4) is 0 Å². The molecule has 1 amide bonds. The number of nitrogens with one attached hydrogen (secondary N) is 1. The highest BCUT2D eigenvalue weighted by Crippen LogP contribution is 2.35. The van der Waals surface area contributed by atoms with Crippen LogP contribution in [0.4, 0.5) is 5.82 Å². The summed E-state index contributed by atoms with van der Waals surface area (Å²) in [6.45, 7) is 0. The Kier molecular flexibility index (Phi) is 4.72. The van der Waals surface area contributed by atoms with Crippen LogP contribution in [0.15, 0.2) is 24.4 Å². The van der Waals surface area contributed by atoms with Crippen LogP contribution in [0.1, 0.15) is 36.8 Å².